The summed E-state index contributed by atoms with van der Waals surface area (Å²) in [5.41, 5.74) is 1.28. The van der Waals surface area contributed by atoms with Gasteiger partial charge in [0.25, 0.3) is 0 Å². The van der Waals surface area contributed by atoms with Gasteiger partial charge >= 0.3 is 0 Å². The van der Waals surface area contributed by atoms with Crippen molar-refractivity contribution in [1.82, 2.24) is 4.90 Å². The fourth-order valence-corrected chi connectivity index (χ4v) is 2.62. The number of likely N-dealkylation sites (tertiary alicyclic amines) is 1. The zero-order valence-electron chi connectivity index (χ0n) is 10.7. The predicted octanol–water partition coefficient (Wildman–Crippen LogP) is 2.64. The third-order valence-electron chi connectivity index (χ3n) is 3.72. The van der Waals surface area contributed by atoms with Gasteiger partial charge in [0.15, 0.2) is 0 Å². The molecule has 2 nitrogen and oxygen atoms in total. The lowest BCUT2D eigenvalue weighted by molar-refractivity contribution is 0.0595. The first kappa shape index (κ1) is 12.6. The van der Waals surface area contributed by atoms with Crippen LogP contribution >= 0.6 is 0 Å². The topological polar surface area (TPSA) is 23.5 Å². The van der Waals surface area contributed by atoms with E-state index in [-0.39, 0.29) is 6.10 Å². The summed E-state index contributed by atoms with van der Waals surface area (Å²) in [6.07, 6.45) is 3.24. The lowest BCUT2D eigenvalue weighted by atomic mass is 9.88. The second kappa shape index (κ2) is 6.18. The standard InChI is InChI=1S/C15H23NO/c1-2-3-10-16-11-9-15(17)14(12-16)13-7-5-4-6-8-13/h4-8,14-15,17H,2-3,9-12H2,1H3/t14-,15+/m1/s1. The van der Waals surface area contributed by atoms with Crippen LogP contribution in [0.25, 0.3) is 0 Å². The van der Waals surface area contributed by atoms with Crippen LogP contribution < -0.4 is 0 Å². The average molecular weight is 233 g/mol. The lowest BCUT2D eigenvalue weighted by Crippen LogP contribution is -2.42. The molecule has 1 saturated heterocycles. The van der Waals surface area contributed by atoms with E-state index in [2.05, 4.69) is 36.1 Å². The highest BCUT2D eigenvalue weighted by Crippen LogP contribution is 2.27. The van der Waals surface area contributed by atoms with Crippen molar-refractivity contribution >= 4 is 0 Å². The van der Waals surface area contributed by atoms with Gasteiger partial charge in [-0.15, -0.1) is 0 Å². The highest BCUT2D eigenvalue weighted by Gasteiger charge is 2.28. The van der Waals surface area contributed by atoms with Crippen molar-refractivity contribution in [2.45, 2.75) is 38.2 Å². The predicted molar refractivity (Wildman–Crippen MR) is 71.2 cm³/mol. The molecular weight excluding hydrogens is 210 g/mol. The Morgan fingerprint density at radius 3 is 2.76 bits per heavy atom. The molecule has 1 aromatic rings. The van der Waals surface area contributed by atoms with Gasteiger partial charge in [-0.05, 0) is 24.9 Å². The summed E-state index contributed by atoms with van der Waals surface area (Å²) in [6, 6.07) is 10.4. The number of aliphatic hydroxyl groups excluding tert-OH is 1. The van der Waals surface area contributed by atoms with Gasteiger partial charge in [-0.25, -0.2) is 0 Å². The molecule has 2 heteroatoms. The van der Waals surface area contributed by atoms with Crippen LogP contribution in [0.4, 0.5) is 0 Å². The zero-order chi connectivity index (χ0) is 12.1. The normalized spacial score (nSPS) is 26.0. The largest absolute Gasteiger partial charge is 0.392 e. The van der Waals surface area contributed by atoms with E-state index in [4.69, 9.17) is 0 Å². The molecule has 1 aliphatic heterocycles. The number of aliphatic hydroxyl groups is 1. The van der Waals surface area contributed by atoms with Crippen molar-refractivity contribution < 1.29 is 5.11 Å². The van der Waals surface area contributed by atoms with Gasteiger partial charge in [-0.1, -0.05) is 43.7 Å². The molecule has 17 heavy (non-hydrogen) atoms. The molecule has 0 radical (unpaired) electrons. The maximum absolute atomic E-state index is 10.1. The summed E-state index contributed by atoms with van der Waals surface area (Å²) in [6.45, 7) is 5.45. The first-order valence-electron chi connectivity index (χ1n) is 6.76. The van der Waals surface area contributed by atoms with Gasteiger partial charge in [0, 0.05) is 19.0 Å². The van der Waals surface area contributed by atoms with E-state index in [1.165, 1.54) is 24.9 Å². The van der Waals surface area contributed by atoms with Crippen molar-refractivity contribution in [2.24, 2.45) is 0 Å². The molecule has 1 fully saturated rings. The fraction of sp³-hybridized carbons (Fsp3) is 0.600. The number of hydrogen-bond donors (Lipinski definition) is 1. The molecule has 0 aliphatic carbocycles. The Kier molecular flexibility index (Phi) is 4.57. The third kappa shape index (κ3) is 3.30. The molecule has 0 unspecified atom stereocenters. The molecule has 2 rings (SSSR count). The minimum Gasteiger partial charge on any atom is -0.392 e. The van der Waals surface area contributed by atoms with Gasteiger partial charge < -0.3 is 10.0 Å². The summed E-state index contributed by atoms with van der Waals surface area (Å²) >= 11 is 0. The molecule has 1 aromatic carbocycles. The average Bonchev–Trinajstić information content (AvgIpc) is 2.39. The van der Waals surface area contributed by atoms with Crippen molar-refractivity contribution in [3.05, 3.63) is 35.9 Å². The molecule has 1 heterocycles. The molecule has 1 N–H and O–H groups in total. The van der Waals surface area contributed by atoms with Crippen molar-refractivity contribution in [3.8, 4) is 0 Å². The minimum absolute atomic E-state index is 0.171. The Morgan fingerprint density at radius 2 is 2.06 bits per heavy atom. The molecule has 0 amide bonds. The highest BCUT2D eigenvalue weighted by atomic mass is 16.3. The summed E-state index contributed by atoms with van der Waals surface area (Å²) in [5.74, 6) is 0.293. The second-order valence-electron chi connectivity index (χ2n) is 5.03. The Balaban J connectivity index is 2.00. The number of hydrogen-bond acceptors (Lipinski definition) is 2. The molecule has 0 saturated carbocycles. The summed E-state index contributed by atoms with van der Waals surface area (Å²) in [5, 5.41) is 10.1. The Labute approximate surface area is 104 Å². The van der Waals surface area contributed by atoms with E-state index in [1.54, 1.807) is 0 Å². The Hall–Kier alpha value is -0.860. The van der Waals surface area contributed by atoms with Crippen LogP contribution in [0.2, 0.25) is 0 Å². The maximum Gasteiger partial charge on any atom is 0.0633 e. The molecule has 94 valence electrons. The second-order valence-corrected chi connectivity index (χ2v) is 5.03. The maximum atomic E-state index is 10.1. The van der Waals surface area contributed by atoms with Gasteiger partial charge in [0.05, 0.1) is 6.10 Å². The lowest BCUT2D eigenvalue weighted by Gasteiger charge is -2.36. The number of rotatable bonds is 4. The van der Waals surface area contributed by atoms with E-state index in [0.29, 0.717) is 5.92 Å². The quantitative estimate of drug-likeness (QED) is 0.864. The molecule has 2 atom stereocenters. The van der Waals surface area contributed by atoms with Crippen molar-refractivity contribution in [3.63, 3.8) is 0 Å². The van der Waals surface area contributed by atoms with E-state index < -0.39 is 0 Å². The zero-order valence-corrected chi connectivity index (χ0v) is 10.7. The monoisotopic (exact) mass is 233 g/mol. The first-order valence-corrected chi connectivity index (χ1v) is 6.76. The Morgan fingerprint density at radius 1 is 1.29 bits per heavy atom. The molecule has 0 bridgehead atoms. The van der Waals surface area contributed by atoms with Crippen LogP contribution in [0.5, 0.6) is 0 Å². The third-order valence-corrected chi connectivity index (χ3v) is 3.72. The number of unbranched alkanes of at least 4 members (excludes halogenated alkanes) is 1. The van der Waals surface area contributed by atoms with Crippen LogP contribution in [0.3, 0.4) is 0 Å². The van der Waals surface area contributed by atoms with E-state index in [9.17, 15) is 5.11 Å². The summed E-state index contributed by atoms with van der Waals surface area (Å²) < 4.78 is 0. The molecule has 0 spiro atoms. The van der Waals surface area contributed by atoms with Crippen molar-refractivity contribution in [1.29, 1.82) is 0 Å². The number of piperidine rings is 1. The van der Waals surface area contributed by atoms with Crippen LogP contribution in [0.1, 0.15) is 37.7 Å². The number of benzene rings is 1. The smallest absolute Gasteiger partial charge is 0.0633 e. The van der Waals surface area contributed by atoms with Gasteiger partial charge in [-0.3, -0.25) is 0 Å². The fourth-order valence-electron chi connectivity index (χ4n) is 2.62. The van der Waals surface area contributed by atoms with E-state index >= 15 is 0 Å². The summed E-state index contributed by atoms with van der Waals surface area (Å²) in [4.78, 5) is 2.49. The minimum atomic E-state index is -0.171. The van der Waals surface area contributed by atoms with Crippen LogP contribution in [0, 0.1) is 0 Å². The molecular formula is C15H23NO. The van der Waals surface area contributed by atoms with E-state index in [0.717, 1.165) is 19.5 Å². The Bertz CT molecular complexity index is 323. The SMILES string of the molecule is CCCCN1CC[C@H](O)[C@@H](c2ccccc2)C1. The molecule has 0 aromatic heterocycles. The van der Waals surface area contributed by atoms with Crippen LogP contribution in [0.15, 0.2) is 30.3 Å². The van der Waals surface area contributed by atoms with Crippen molar-refractivity contribution in [2.75, 3.05) is 19.6 Å². The van der Waals surface area contributed by atoms with Crippen LogP contribution in [-0.4, -0.2) is 35.7 Å². The van der Waals surface area contributed by atoms with Gasteiger partial charge in [-0.2, -0.15) is 0 Å². The van der Waals surface area contributed by atoms with Gasteiger partial charge in [0.2, 0.25) is 0 Å². The highest BCUT2D eigenvalue weighted by molar-refractivity contribution is 5.21. The molecule has 1 aliphatic rings. The van der Waals surface area contributed by atoms with Gasteiger partial charge in [0.1, 0.15) is 0 Å². The van der Waals surface area contributed by atoms with E-state index in [1.807, 2.05) is 6.07 Å². The van der Waals surface area contributed by atoms with Crippen LogP contribution in [-0.2, 0) is 0 Å². The number of nitrogens with zero attached hydrogens (tertiary/aromatic N) is 1. The summed E-state index contributed by atoms with van der Waals surface area (Å²) in [7, 11) is 0. The first-order chi connectivity index (χ1) is 8.31.